The van der Waals surface area contributed by atoms with Gasteiger partial charge in [0.25, 0.3) is 0 Å². The fourth-order valence-corrected chi connectivity index (χ4v) is 3.12. The molecule has 1 fully saturated rings. The Morgan fingerprint density at radius 2 is 2.18 bits per heavy atom. The third-order valence-corrected chi connectivity index (χ3v) is 4.34. The Bertz CT molecular complexity index is 359. The Hall–Kier alpha value is -0.650. The van der Waals surface area contributed by atoms with E-state index >= 15 is 0 Å². The van der Waals surface area contributed by atoms with Gasteiger partial charge in [0.15, 0.2) is 5.13 Å². The second-order valence-electron chi connectivity index (χ2n) is 4.30. The van der Waals surface area contributed by atoms with Crippen LogP contribution in [0, 0.1) is 6.92 Å². The first-order chi connectivity index (χ1) is 8.24. The molecule has 0 aliphatic carbocycles. The van der Waals surface area contributed by atoms with Crippen LogP contribution < -0.4 is 4.90 Å². The van der Waals surface area contributed by atoms with E-state index in [1.54, 1.807) is 11.3 Å². The van der Waals surface area contributed by atoms with Crippen molar-refractivity contribution >= 4 is 16.5 Å². The molecule has 0 unspecified atom stereocenters. The molecule has 1 aromatic rings. The molecule has 5 heteroatoms. The second kappa shape index (κ2) is 5.80. The van der Waals surface area contributed by atoms with Crippen LogP contribution in [0.15, 0.2) is 0 Å². The van der Waals surface area contributed by atoms with Crippen molar-refractivity contribution in [2.45, 2.75) is 39.4 Å². The molecule has 2 heterocycles. The SMILES string of the molecule is CCOC1CCN(c2nc(C)c(CO)s2)CC1. The van der Waals surface area contributed by atoms with Crippen LogP contribution in [0.5, 0.6) is 0 Å². The molecule has 0 amide bonds. The summed E-state index contributed by atoms with van der Waals surface area (Å²) in [6, 6.07) is 0. The lowest BCUT2D eigenvalue weighted by Gasteiger charge is -2.31. The van der Waals surface area contributed by atoms with Gasteiger partial charge in [-0.15, -0.1) is 0 Å². The second-order valence-corrected chi connectivity index (χ2v) is 5.37. The van der Waals surface area contributed by atoms with Gasteiger partial charge < -0.3 is 14.7 Å². The van der Waals surface area contributed by atoms with E-state index in [1.165, 1.54) is 0 Å². The third kappa shape index (κ3) is 2.97. The highest BCUT2D eigenvalue weighted by Crippen LogP contribution is 2.28. The summed E-state index contributed by atoms with van der Waals surface area (Å²) < 4.78 is 5.63. The summed E-state index contributed by atoms with van der Waals surface area (Å²) in [6.07, 6.45) is 2.55. The van der Waals surface area contributed by atoms with Gasteiger partial charge in [-0.2, -0.15) is 0 Å². The normalized spacial score (nSPS) is 17.7. The summed E-state index contributed by atoms with van der Waals surface area (Å²) in [7, 11) is 0. The molecule has 1 saturated heterocycles. The average molecular weight is 256 g/mol. The minimum atomic E-state index is 0.0961. The molecule has 1 N–H and O–H groups in total. The van der Waals surface area contributed by atoms with Gasteiger partial charge in [-0.3, -0.25) is 0 Å². The fraction of sp³-hybridized carbons (Fsp3) is 0.750. The number of thiazole rings is 1. The van der Waals surface area contributed by atoms with Gasteiger partial charge in [0.1, 0.15) is 0 Å². The first-order valence-electron chi connectivity index (χ1n) is 6.18. The van der Waals surface area contributed by atoms with E-state index in [0.717, 1.165) is 48.2 Å². The molecule has 0 atom stereocenters. The van der Waals surface area contributed by atoms with E-state index < -0.39 is 0 Å². The summed E-state index contributed by atoms with van der Waals surface area (Å²) in [4.78, 5) is 7.80. The van der Waals surface area contributed by atoms with Gasteiger partial charge in [-0.25, -0.2) is 4.98 Å². The Labute approximate surface area is 106 Å². The quantitative estimate of drug-likeness (QED) is 0.894. The molecular formula is C12H20N2O2S. The van der Waals surface area contributed by atoms with Crippen molar-refractivity contribution in [2.24, 2.45) is 0 Å². The number of piperidine rings is 1. The zero-order valence-electron chi connectivity index (χ0n) is 10.5. The maximum atomic E-state index is 9.17. The number of rotatable bonds is 4. The van der Waals surface area contributed by atoms with E-state index in [2.05, 4.69) is 9.88 Å². The van der Waals surface area contributed by atoms with Crippen LogP contribution in [0.2, 0.25) is 0 Å². The fourth-order valence-electron chi connectivity index (χ4n) is 2.14. The van der Waals surface area contributed by atoms with Crippen molar-refractivity contribution in [3.63, 3.8) is 0 Å². The Kier molecular flexibility index (Phi) is 4.36. The lowest BCUT2D eigenvalue weighted by molar-refractivity contribution is 0.0459. The van der Waals surface area contributed by atoms with Gasteiger partial charge in [0, 0.05) is 19.7 Å². The highest BCUT2D eigenvalue weighted by atomic mass is 32.1. The zero-order chi connectivity index (χ0) is 12.3. The first-order valence-corrected chi connectivity index (χ1v) is 7.00. The van der Waals surface area contributed by atoms with Gasteiger partial charge >= 0.3 is 0 Å². The smallest absolute Gasteiger partial charge is 0.185 e. The van der Waals surface area contributed by atoms with Crippen LogP contribution in [0.1, 0.15) is 30.3 Å². The van der Waals surface area contributed by atoms with Crippen molar-refractivity contribution in [1.82, 2.24) is 4.98 Å². The minimum absolute atomic E-state index is 0.0961. The van der Waals surface area contributed by atoms with Gasteiger partial charge in [0.05, 0.1) is 23.3 Å². The molecule has 0 aromatic carbocycles. The summed E-state index contributed by atoms with van der Waals surface area (Å²) in [5, 5.41) is 10.2. The Balaban J connectivity index is 1.95. The molecule has 0 saturated carbocycles. The van der Waals surface area contributed by atoms with Crippen molar-refractivity contribution in [1.29, 1.82) is 0 Å². The van der Waals surface area contributed by atoms with E-state index in [4.69, 9.17) is 4.74 Å². The molecule has 4 nitrogen and oxygen atoms in total. The minimum Gasteiger partial charge on any atom is -0.391 e. The van der Waals surface area contributed by atoms with Crippen molar-refractivity contribution in [2.75, 3.05) is 24.6 Å². The zero-order valence-corrected chi connectivity index (χ0v) is 11.3. The standard InChI is InChI=1S/C12H20N2O2S/c1-3-16-10-4-6-14(7-5-10)12-13-9(2)11(8-15)17-12/h10,15H,3-8H2,1-2H3. The van der Waals surface area contributed by atoms with Crippen molar-refractivity contribution in [3.05, 3.63) is 10.6 Å². The molecular weight excluding hydrogens is 236 g/mol. The van der Waals surface area contributed by atoms with E-state index in [-0.39, 0.29) is 6.61 Å². The monoisotopic (exact) mass is 256 g/mol. The van der Waals surface area contributed by atoms with Gasteiger partial charge in [-0.05, 0) is 26.7 Å². The molecule has 1 aliphatic heterocycles. The molecule has 1 aromatic heterocycles. The molecule has 17 heavy (non-hydrogen) atoms. The van der Waals surface area contributed by atoms with Crippen LogP contribution in [0.25, 0.3) is 0 Å². The van der Waals surface area contributed by atoms with Crippen LogP contribution in [-0.4, -0.2) is 35.9 Å². The predicted octanol–water partition coefficient (Wildman–Crippen LogP) is 1.95. The summed E-state index contributed by atoms with van der Waals surface area (Å²) in [5.41, 5.74) is 0.958. The van der Waals surface area contributed by atoms with Crippen LogP contribution in [-0.2, 0) is 11.3 Å². The topological polar surface area (TPSA) is 45.6 Å². The molecule has 96 valence electrons. The number of aliphatic hydroxyl groups is 1. The number of anilines is 1. The number of hydrogen-bond donors (Lipinski definition) is 1. The third-order valence-electron chi connectivity index (χ3n) is 3.14. The van der Waals surface area contributed by atoms with Crippen molar-refractivity contribution in [3.8, 4) is 0 Å². The molecule has 1 aliphatic rings. The van der Waals surface area contributed by atoms with E-state index in [0.29, 0.717) is 6.10 Å². The summed E-state index contributed by atoms with van der Waals surface area (Å²) >= 11 is 1.60. The molecule has 0 spiro atoms. The number of aryl methyl sites for hydroxylation is 1. The van der Waals surface area contributed by atoms with Crippen LogP contribution in [0.4, 0.5) is 5.13 Å². The Morgan fingerprint density at radius 1 is 1.47 bits per heavy atom. The van der Waals surface area contributed by atoms with E-state index in [1.807, 2.05) is 13.8 Å². The summed E-state index contributed by atoms with van der Waals surface area (Å²) in [5.74, 6) is 0. The number of aliphatic hydroxyl groups excluding tert-OH is 1. The van der Waals surface area contributed by atoms with Crippen LogP contribution in [0.3, 0.4) is 0 Å². The lowest BCUT2D eigenvalue weighted by Crippen LogP contribution is -2.37. The number of ether oxygens (including phenoxy) is 1. The number of aromatic nitrogens is 1. The molecule has 0 radical (unpaired) electrons. The Morgan fingerprint density at radius 3 is 2.71 bits per heavy atom. The molecule has 0 bridgehead atoms. The largest absolute Gasteiger partial charge is 0.391 e. The lowest BCUT2D eigenvalue weighted by atomic mass is 10.1. The highest BCUT2D eigenvalue weighted by Gasteiger charge is 2.22. The van der Waals surface area contributed by atoms with E-state index in [9.17, 15) is 5.11 Å². The predicted molar refractivity (Wildman–Crippen MR) is 69.6 cm³/mol. The average Bonchev–Trinajstić information content (AvgIpc) is 2.72. The van der Waals surface area contributed by atoms with Gasteiger partial charge in [0.2, 0.25) is 0 Å². The van der Waals surface area contributed by atoms with Crippen LogP contribution >= 0.6 is 11.3 Å². The maximum absolute atomic E-state index is 9.17. The number of hydrogen-bond acceptors (Lipinski definition) is 5. The number of nitrogens with zero attached hydrogens (tertiary/aromatic N) is 2. The maximum Gasteiger partial charge on any atom is 0.185 e. The van der Waals surface area contributed by atoms with Crippen molar-refractivity contribution < 1.29 is 9.84 Å². The van der Waals surface area contributed by atoms with Gasteiger partial charge in [-0.1, -0.05) is 11.3 Å². The molecule has 2 rings (SSSR count). The summed E-state index contributed by atoms with van der Waals surface area (Å²) in [6.45, 7) is 6.90. The highest BCUT2D eigenvalue weighted by molar-refractivity contribution is 7.15. The first kappa shape index (κ1) is 12.8.